The molecule has 0 aromatic carbocycles. The van der Waals surface area contributed by atoms with Crippen molar-refractivity contribution >= 4 is 16.9 Å². The molecule has 2 heterocycles. The van der Waals surface area contributed by atoms with Gasteiger partial charge < -0.3 is 25.4 Å². The van der Waals surface area contributed by atoms with Crippen molar-refractivity contribution in [1.29, 1.82) is 0 Å². The summed E-state index contributed by atoms with van der Waals surface area (Å²) >= 11 is 1.38. The van der Waals surface area contributed by atoms with E-state index in [0.717, 1.165) is 12.8 Å². The van der Waals surface area contributed by atoms with Crippen LogP contribution in [0.25, 0.3) is 0 Å². The molecule has 2 rings (SSSR count). The maximum atomic E-state index is 10.1. The summed E-state index contributed by atoms with van der Waals surface area (Å²) in [5.74, 6) is 0. The molecular weight excluding hydrogens is 268 g/mol. The molecule has 6 atom stereocenters. The zero-order chi connectivity index (χ0) is 14.0. The largest absolute Gasteiger partial charge is 0.390 e. The molecule has 0 aromatic heterocycles. The predicted molar refractivity (Wildman–Crippen MR) is 74.1 cm³/mol. The molecule has 0 saturated carbocycles. The summed E-state index contributed by atoms with van der Waals surface area (Å²) in [5, 5.41) is 34.0. The number of fused-ring (bicyclic) bond motifs is 1. The molecule has 7 heteroatoms. The molecule has 2 saturated heterocycles. The van der Waals surface area contributed by atoms with Gasteiger partial charge in [-0.15, -0.1) is 0 Å². The van der Waals surface area contributed by atoms with Crippen LogP contribution < -0.4 is 5.32 Å². The number of thioether (sulfide) groups is 1. The fraction of sp³-hybridized carbons (Fsp3) is 0.917. The highest BCUT2D eigenvalue weighted by Crippen LogP contribution is 2.35. The Labute approximate surface area is 117 Å². The van der Waals surface area contributed by atoms with E-state index in [0.29, 0.717) is 11.6 Å². The fourth-order valence-corrected chi connectivity index (χ4v) is 3.53. The van der Waals surface area contributed by atoms with E-state index in [-0.39, 0.29) is 11.5 Å². The highest BCUT2D eigenvalue weighted by Gasteiger charge is 2.50. The van der Waals surface area contributed by atoms with Crippen molar-refractivity contribution in [2.75, 3.05) is 7.05 Å². The third-order valence-electron chi connectivity index (χ3n) is 3.59. The van der Waals surface area contributed by atoms with Crippen LogP contribution in [-0.2, 0) is 4.74 Å². The first kappa shape index (κ1) is 15.1. The van der Waals surface area contributed by atoms with Crippen molar-refractivity contribution in [3.8, 4) is 0 Å². The maximum absolute atomic E-state index is 10.1. The first-order valence-corrected chi connectivity index (χ1v) is 7.56. The summed E-state index contributed by atoms with van der Waals surface area (Å²) in [6.45, 7) is 2.04. The van der Waals surface area contributed by atoms with Crippen LogP contribution in [-0.4, -0.2) is 63.4 Å². The molecule has 4 N–H and O–H groups in total. The van der Waals surface area contributed by atoms with Gasteiger partial charge in [-0.25, -0.2) is 0 Å². The van der Waals surface area contributed by atoms with E-state index >= 15 is 0 Å². The second kappa shape index (κ2) is 6.41. The van der Waals surface area contributed by atoms with Gasteiger partial charge in [-0.05, 0) is 6.42 Å². The number of nitrogens with zero attached hydrogens (tertiary/aromatic N) is 1. The van der Waals surface area contributed by atoms with E-state index in [2.05, 4.69) is 10.3 Å². The lowest BCUT2D eigenvalue weighted by atomic mass is 9.92. The Morgan fingerprint density at radius 3 is 2.79 bits per heavy atom. The summed E-state index contributed by atoms with van der Waals surface area (Å²) < 4.78 is 5.74. The van der Waals surface area contributed by atoms with Crippen LogP contribution in [0.2, 0.25) is 0 Å². The summed E-state index contributed by atoms with van der Waals surface area (Å²) in [4.78, 5) is 4.02. The maximum Gasteiger partial charge on any atom is 0.159 e. The lowest BCUT2D eigenvalue weighted by Crippen LogP contribution is -2.61. The molecule has 1 unspecified atom stereocenters. The lowest BCUT2D eigenvalue weighted by Gasteiger charge is -2.40. The lowest BCUT2D eigenvalue weighted by molar-refractivity contribution is -0.188. The van der Waals surface area contributed by atoms with E-state index in [9.17, 15) is 15.3 Å². The monoisotopic (exact) mass is 290 g/mol. The van der Waals surface area contributed by atoms with Crippen molar-refractivity contribution in [2.45, 2.75) is 62.1 Å². The minimum atomic E-state index is -1.09. The highest BCUT2D eigenvalue weighted by molar-refractivity contribution is 8.14. The van der Waals surface area contributed by atoms with Gasteiger partial charge in [0.05, 0.1) is 12.1 Å². The van der Waals surface area contributed by atoms with E-state index in [1.165, 1.54) is 11.8 Å². The highest BCUT2D eigenvalue weighted by atomic mass is 32.2. The molecule has 0 aromatic rings. The molecule has 110 valence electrons. The minimum absolute atomic E-state index is 0.321. The van der Waals surface area contributed by atoms with Gasteiger partial charge in [0.1, 0.15) is 23.7 Å². The third-order valence-corrected chi connectivity index (χ3v) is 4.75. The van der Waals surface area contributed by atoms with Gasteiger partial charge >= 0.3 is 0 Å². The number of rotatable bonds is 4. The normalized spacial score (nSPS) is 41.9. The summed E-state index contributed by atoms with van der Waals surface area (Å²) in [5.41, 5.74) is -0.321. The van der Waals surface area contributed by atoms with Crippen LogP contribution in [0.3, 0.4) is 0 Å². The van der Waals surface area contributed by atoms with Crippen LogP contribution in [0.5, 0.6) is 0 Å². The van der Waals surface area contributed by atoms with Crippen LogP contribution in [0.1, 0.15) is 26.2 Å². The quantitative estimate of drug-likeness (QED) is 0.567. The van der Waals surface area contributed by atoms with Gasteiger partial charge in [0.15, 0.2) is 5.17 Å². The number of hydrogen-bond acceptors (Lipinski definition) is 6. The number of aliphatic hydroxyl groups is 3. The molecule has 19 heavy (non-hydrogen) atoms. The third kappa shape index (κ3) is 3.05. The molecule has 6 nitrogen and oxygen atoms in total. The Hall–Kier alpha value is -0.340. The van der Waals surface area contributed by atoms with E-state index in [1.54, 1.807) is 7.05 Å². The Morgan fingerprint density at radius 1 is 1.42 bits per heavy atom. The minimum Gasteiger partial charge on any atom is -0.390 e. The Balaban J connectivity index is 2.04. The zero-order valence-corrected chi connectivity index (χ0v) is 12.0. The summed E-state index contributed by atoms with van der Waals surface area (Å²) in [7, 11) is 1.66. The number of aliphatic imine (C=N–C) groups is 1. The van der Waals surface area contributed by atoms with Crippen molar-refractivity contribution in [3.63, 3.8) is 0 Å². The van der Waals surface area contributed by atoms with Crippen LogP contribution in [0.15, 0.2) is 4.99 Å². The van der Waals surface area contributed by atoms with Crippen LogP contribution in [0, 0.1) is 0 Å². The molecule has 0 radical (unpaired) electrons. The zero-order valence-electron chi connectivity index (χ0n) is 11.2. The molecule has 0 spiro atoms. The first-order valence-electron chi connectivity index (χ1n) is 6.68. The standard InChI is InChI=1S/C12H22N2O4S/c1-3-4-5-6(15)10-9(17)8(16)7-11(18-10)19-12(13-2)14-7/h6-11,15-17H,3-5H2,1-2H3,(H,13,14)/t6?,7-,8-,9+,10-,11-/m1/s1. The Morgan fingerprint density at radius 2 is 2.16 bits per heavy atom. The van der Waals surface area contributed by atoms with E-state index in [4.69, 9.17) is 4.74 Å². The number of ether oxygens (including phenoxy) is 1. The number of unbranched alkanes of at least 4 members (excludes halogenated alkanes) is 1. The van der Waals surface area contributed by atoms with Gasteiger partial charge in [-0.2, -0.15) is 0 Å². The molecule has 0 aliphatic carbocycles. The number of hydrogen-bond donors (Lipinski definition) is 4. The predicted octanol–water partition coefficient (Wildman–Crippen LogP) is -0.325. The molecule has 2 fully saturated rings. The van der Waals surface area contributed by atoms with Crippen molar-refractivity contribution < 1.29 is 20.1 Å². The van der Waals surface area contributed by atoms with Crippen LogP contribution >= 0.6 is 11.8 Å². The van der Waals surface area contributed by atoms with Gasteiger partial charge in [-0.3, -0.25) is 4.99 Å². The second-order valence-electron chi connectivity index (χ2n) is 4.98. The molecule has 2 aliphatic rings. The molecular formula is C12H22N2O4S. The molecule has 0 amide bonds. The van der Waals surface area contributed by atoms with Crippen molar-refractivity contribution in [1.82, 2.24) is 5.32 Å². The number of nitrogens with one attached hydrogen (secondary N) is 1. The Bertz CT molecular complexity index is 342. The number of amidine groups is 1. The fourth-order valence-electron chi connectivity index (χ4n) is 2.44. The average molecular weight is 290 g/mol. The smallest absolute Gasteiger partial charge is 0.159 e. The molecule has 2 aliphatic heterocycles. The van der Waals surface area contributed by atoms with Gasteiger partial charge in [0, 0.05) is 7.05 Å². The summed E-state index contributed by atoms with van der Waals surface area (Å²) in [6.07, 6.45) is -1.15. The van der Waals surface area contributed by atoms with Gasteiger partial charge in [0.2, 0.25) is 0 Å². The summed E-state index contributed by atoms with van der Waals surface area (Å²) in [6, 6.07) is -0.381. The van der Waals surface area contributed by atoms with Crippen molar-refractivity contribution in [3.05, 3.63) is 0 Å². The van der Waals surface area contributed by atoms with Crippen molar-refractivity contribution in [2.24, 2.45) is 4.99 Å². The van der Waals surface area contributed by atoms with E-state index in [1.807, 2.05) is 6.92 Å². The SMILES string of the molecule is CCCCC(O)[C@H]1O[C@@H]2SC(=NC)N[C@@H]2[C@@H](O)[C@@H]1O. The van der Waals surface area contributed by atoms with E-state index < -0.39 is 24.4 Å². The Kier molecular flexibility index (Phi) is 5.08. The second-order valence-corrected chi connectivity index (χ2v) is 6.06. The number of aliphatic hydroxyl groups excluding tert-OH is 3. The topological polar surface area (TPSA) is 94.3 Å². The first-order chi connectivity index (χ1) is 9.08. The average Bonchev–Trinajstić information content (AvgIpc) is 2.83. The van der Waals surface area contributed by atoms with Gasteiger partial charge in [-0.1, -0.05) is 31.5 Å². The van der Waals surface area contributed by atoms with Gasteiger partial charge in [0.25, 0.3) is 0 Å². The van der Waals surface area contributed by atoms with Crippen LogP contribution in [0.4, 0.5) is 0 Å². The molecule has 0 bridgehead atoms.